The molecule has 0 aliphatic heterocycles. The number of benzene rings is 1. The SMILES string of the molecule is Fc1cc(-c2nccnc2Cl)ccc1C(F)(F)F. The molecule has 0 bridgehead atoms. The molecule has 94 valence electrons. The van der Waals surface area contributed by atoms with E-state index in [1.165, 1.54) is 12.4 Å². The second-order valence-corrected chi connectivity index (χ2v) is 3.75. The Balaban J connectivity index is 2.51. The van der Waals surface area contributed by atoms with Crippen LogP contribution in [-0.2, 0) is 6.18 Å². The lowest BCUT2D eigenvalue weighted by molar-refractivity contribution is -0.139. The smallest absolute Gasteiger partial charge is 0.251 e. The van der Waals surface area contributed by atoms with Gasteiger partial charge in [-0.05, 0) is 12.1 Å². The van der Waals surface area contributed by atoms with Crippen molar-refractivity contribution in [2.75, 3.05) is 0 Å². The van der Waals surface area contributed by atoms with Gasteiger partial charge in [-0.15, -0.1) is 0 Å². The van der Waals surface area contributed by atoms with Crippen LogP contribution in [0.1, 0.15) is 5.56 Å². The lowest BCUT2D eigenvalue weighted by atomic mass is 10.1. The van der Waals surface area contributed by atoms with Crippen molar-refractivity contribution in [3.63, 3.8) is 0 Å². The van der Waals surface area contributed by atoms with Gasteiger partial charge in [0, 0.05) is 18.0 Å². The first-order chi connectivity index (χ1) is 8.39. The Kier molecular flexibility index (Phi) is 3.21. The Morgan fingerprint density at radius 2 is 1.72 bits per heavy atom. The van der Waals surface area contributed by atoms with Crippen LogP contribution < -0.4 is 0 Å². The first kappa shape index (κ1) is 12.8. The second-order valence-electron chi connectivity index (χ2n) is 3.39. The molecule has 2 aromatic rings. The van der Waals surface area contributed by atoms with Crippen LogP contribution in [-0.4, -0.2) is 9.97 Å². The standard InChI is InChI=1S/C11H5ClF4N2/c12-10-9(17-3-4-18-10)6-1-2-7(8(13)5-6)11(14,15)16/h1-5H. The summed E-state index contributed by atoms with van der Waals surface area (Å²) in [6.07, 6.45) is -2.09. The number of alkyl halides is 3. The number of hydrogen-bond donors (Lipinski definition) is 0. The third-order valence-corrected chi connectivity index (χ3v) is 2.48. The Labute approximate surface area is 104 Å². The lowest BCUT2D eigenvalue weighted by Crippen LogP contribution is -2.08. The average molecular weight is 277 g/mol. The van der Waals surface area contributed by atoms with E-state index in [9.17, 15) is 17.6 Å². The van der Waals surface area contributed by atoms with Gasteiger partial charge in [-0.25, -0.2) is 9.37 Å². The second kappa shape index (κ2) is 4.53. The van der Waals surface area contributed by atoms with E-state index in [2.05, 4.69) is 9.97 Å². The largest absolute Gasteiger partial charge is 0.419 e. The summed E-state index contributed by atoms with van der Waals surface area (Å²) in [6.45, 7) is 0. The molecule has 18 heavy (non-hydrogen) atoms. The van der Waals surface area contributed by atoms with E-state index in [4.69, 9.17) is 11.6 Å². The van der Waals surface area contributed by atoms with E-state index >= 15 is 0 Å². The molecule has 0 aliphatic carbocycles. The number of hydrogen-bond acceptors (Lipinski definition) is 2. The summed E-state index contributed by atoms with van der Waals surface area (Å²) in [4.78, 5) is 7.55. The number of halogens is 5. The summed E-state index contributed by atoms with van der Waals surface area (Å²) in [5.41, 5.74) is -1.06. The zero-order chi connectivity index (χ0) is 13.3. The third kappa shape index (κ3) is 2.43. The van der Waals surface area contributed by atoms with Crippen LogP contribution >= 0.6 is 11.6 Å². The molecule has 0 saturated heterocycles. The molecule has 2 rings (SSSR count). The van der Waals surface area contributed by atoms with Crippen molar-refractivity contribution >= 4 is 11.6 Å². The van der Waals surface area contributed by atoms with E-state index in [1.54, 1.807) is 0 Å². The summed E-state index contributed by atoms with van der Waals surface area (Å²) in [6, 6.07) is 2.48. The molecule has 7 heteroatoms. The summed E-state index contributed by atoms with van der Waals surface area (Å²) in [5, 5.41) is -0.00309. The Morgan fingerprint density at radius 3 is 2.28 bits per heavy atom. The molecule has 0 spiro atoms. The number of aromatic nitrogens is 2. The minimum atomic E-state index is -4.73. The quantitative estimate of drug-likeness (QED) is 0.737. The zero-order valence-corrected chi connectivity index (χ0v) is 9.43. The van der Waals surface area contributed by atoms with Gasteiger partial charge in [0.1, 0.15) is 11.5 Å². The van der Waals surface area contributed by atoms with Crippen LogP contribution in [0.3, 0.4) is 0 Å². The van der Waals surface area contributed by atoms with Crippen LogP contribution in [0.4, 0.5) is 17.6 Å². The van der Waals surface area contributed by atoms with Crippen LogP contribution in [0, 0.1) is 5.82 Å². The Morgan fingerprint density at radius 1 is 1.06 bits per heavy atom. The predicted octanol–water partition coefficient (Wildman–Crippen LogP) is 3.95. The van der Waals surface area contributed by atoms with Crippen molar-refractivity contribution in [1.29, 1.82) is 0 Å². The van der Waals surface area contributed by atoms with Crippen LogP contribution in [0.2, 0.25) is 5.15 Å². The first-order valence-electron chi connectivity index (χ1n) is 4.73. The van der Waals surface area contributed by atoms with Gasteiger partial charge in [0.15, 0.2) is 5.15 Å². The van der Waals surface area contributed by atoms with E-state index < -0.39 is 17.6 Å². The first-order valence-corrected chi connectivity index (χ1v) is 5.11. The molecule has 0 fully saturated rings. The highest BCUT2D eigenvalue weighted by molar-refractivity contribution is 6.31. The van der Waals surface area contributed by atoms with Gasteiger partial charge in [-0.2, -0.15) is 13.2 Å². The van der Waals surface area contributed by atoms with Crippen molar-refractivity contribution in [3.8, 4) is 11.3 Å². The molecule has 0 saturated carbocycles. The Hall–Kier alpha value is -1.69. The lowest BCUT2D eigenvalue weighted by Gasteiger charge is -2.09. The summed E-state index contributed by atoms with van der Waals surface area (Å²) >= 11 is 5.72. The van der Waals surface area contributed by atoms with E-state index in [-0.39, 0.29) is 16.4 Å². The molecular formula is C11H5ClF4N2. The minimum Gasteiger partial charge on any atom is -0.251 e. The maximum atomic E-state index is 13.4. The van der Waals surface area contributed by atoms with Gasteiger partial charge in [0.25, 0.3) is 0 Å². The van der Waals surface area contributed by atoms with Gasteiger partial charge in [0.05, 0.1) is 5.56 Å². The minimum absolute atomic E-state index is 0.00309. The van der Waals surface area contributed by atoms with Crippen LogP contribution in [0.15, 0.2) is 30.6 Å². The van der Waals surface area contributed by atoms with Crippen LogP contribution in [0.5, 0.6) is 0 Å². The number of nitrogens with zero attached hydrogens (tertiary/aromatic N) is 2. The van der Waals surface area contributed by atoms with Gasteiger partial charge >= 0.3 is 6.18 Å². The molecule has 1 aromatic heterocycles. The molecule has 0 radical (unpaired) electrons. The summed E-state index contributed by atoms with van der Waals surface area (Å²) in [7, 11) is 0. The van der Waals surface area contributed by atoms with Gasteiger partial charge in [-0.3, -0.25) is 4.98 Å². The van der Waals surface area contributed by atoms with E-state index in [0.717, 1.165) is 12.1 Å². The maximum absolute atomic E-state index is 13.4. The number of rotatable bonds is 1. The molecule has 0 aliphatic rings. The molecule has 1 aromatic carbocycles. The molecule has 0 unspecified atom stereocenters. The fourth-order valence-electron chi connectivity index (χ4n) is 1.41. The van der Waals surface area contributed by atoms with Gasteiger partial charge in [-0.1, -0.05) is 17.7 Å². The maximum Gasteiger partial charge on any atom is 0.419 e. The highest BCUT2D eigenvalue weighted by atomic mass is 35.5. The van der Waals surface area contributed by atoms with Crippen LogP contribution in [0.25, 0.3) is 11.3 Å². The molecule has 0 N–H and O–H groups in total. The highest BCUT2D eigenvalue weighted by Gasteiger charge is 2.34. The highest BCUT2D eigenvalue weighted by Crippen LogP contribution is 2.33. The van der Waals surface area contributed by atoms with E-state index in [0.29, 0.717) is 6.07 Å². The summed E-state index contributed by atoms with van der Waals surface area (Å²) < 4.78 is 50.5. The van der Waals surface area contributed by atoms with Crippen molar-refractivity contribution in [3.05, 3.63) is 47.1 Å². The summed E-state index contributed by atoms with van der Waals surface area (Å²) in [5.74, 6) is -1.37. The van der Waals surface area contributed by atoms with Crippen molar-refractivity contribution in [2.24, 2.45) is 0 Å². The van der Waals surface area contributed by atoms with Gasteiger partial charge in [0.2, 0.25) is 0 Å². The van der Waals surface area contributed by atoms with E-state index in [1.807, 2.05) is 0 Å². The fourth-order valence-corrected chi connectivity index (χ4v) is 1.62. The normalized spacial score (nSPS) is 11.6. The topological polar surface area (TPSA) is 25.8 Å². The van der Waals surface area contributed by atoms with Crippen molar-refractivity contribution < 1.29 is 17.6 Å². The van der Waals surface area contributed by atoms with Crippen molar-refractivity contribution in [1.82, 2.24) is 9.97 Å². The predicted molar refractivity (Wildman–Crippen MR) is 57.4 cm³/mol. The molecule has 0 amide bonds. The fraction of sp³-hybridized carbons (Fsp3) is 0.0909. The molecular weight excluding hydrogens is 272 g/mol. The molecule has 1 heterocycles. The van der Waals surface area contributed by atoms with Crippen molar-refractivity contribution in [2.45, 2.75) is 6.18 Å². The molecule has 2 nitrogen and oxygen atoms in total. The zero-order valence-electron chi connectivity index (χ0n) is 8.67. The van der Waals surface area contributed by atoms with Gasteiger partial charge < -0.3 is 0 Å². The third-order valence-electron chi connectivity index (χ3n) is 2.20. The Bertz CT molecular complexity index is 583. The molecule has 0 atom stereocenters. The average Bonchev–Trinajstić information content (AvgIpc) is 2.27. The monoisotopic (exact) mass is 276 g/mol.